The highest BCUT2D eigenvalue weighted by Gasteiger charge is 2.33. The molecule has 148 valence electrons. The molecule has 1 fully saturated rings. The molecule has 2 heterocycles. The number of piperidine rings is 1. The molecule has 0 aromatic heterocycles. The minimum absolute atomic E-state index is 0.0685. The van der Waals surface area contributed by atoms with Crippen LogP contribution in [0.15, 0.2) is 66.7 Å². The molecule has 1 atom stereocenters. The quantitative estimate of drug-likeness (QED) is 0.732. The van der Waals surface area contributed by atoms with Crippen LogP contribution in [0.4, 0.5) is 0 Å². The highest BCUT2D eigenvalue weighted by Crippen LogP contribution is 2.35. The predicted molar refractivity (Wildman–Crippen MR) is 115 cm³/mol. The van der Waals surface area contributed by atoms with Crippen LogP contribution in [0.5, 0.6) is 0 Å². The Morgan fingerprint density at radius 1 is 0.862 bits per heavy atom. The van der Waals surface area contributed by atoms with E-state index < -0.39 is 6.23 Å². The first-order valence-corrected chi connectivity index (χ1v) is 10.5. The number of hydrogen-bond donors (Lipinski definition) is 1. The van der Waals surface area contributed by atoms with Crippen LogP contribution in [0.2, 0.25) is 0 Å². The molecule has 1 unspecified atom stereocenters. The van der Waals surface area contributed by atoms with Crippen LogP contribution in [-0.4, -0.2) is 47.0 Å². The number of nitrogens with zero attached hydrogens (tertiary/aromatic N) is 2. The molecule has 2 aliphatic heterocycles. The van der Waals surface area contributed by atoms with E-state index in [2.05, 4.69) is 35.2 Å². The normalized spacial score (nSPS) is 20.4. The van der Waals surface area contributed by atoms with Gasteiger partial charge in [-0.1, -0.05) is 60.7 Å². The van der Waals surface area contributed by atoms with Crippen molar-refractivity contribution in [2.45, 2.75) is 25.0 Å². The van der Waals surface area contributed by atoms with Crippen LogP contribution >= 0.6 is 0 Å². The van der Waals surface area contributed by atoms with E-state index in [0.717, 1.165) is 48.8 Å². The first kappa shape index (κ1) is 18.3. The maximum absolute atomic E-state index is 13.1. The summed E-state index contributed by atoms with van der Waals surface area (Å²) >= 11 is 0. The summed E-state index contributed by atoms with van der Waals surface area (Å²) in [5.41, 5.74) is 2.96. The van der Waals surface area contributed by atoms with E-state index in [9.17, 15) is 9.90 Å². The average Bonchev–Trinajstić information content (AvgIpc) is 2.78. The predicted octanol–water partition coefficient (Wildman–Crippen LogP) is 4.17. The molecule has 0 aliphatic carbocycles. The number of carbonyl (C=O) groups excluding carboxylic acids is 1. The lowest BCUT2D eigenvalue weighted by Crippen LogP contribution is -2.44. The lowest BCUT2D eigenvalue weighted by Gasteiger charge is -2.37. The second-order valence-corrected chi connectivity index (χ2v) is 8.15. The van der Waals surface area contributed by atoms with E-state index in [1.54, 1.807) is 4.90 Å². The number of benzene rings is 3. The highest BCUT2D eigenvalue weighted by molar-refractivity contribution is 6.10. The van der Waals surface area contributed by atoms with Gasteiger partial charge in [-0.25, -0.2) is 0 Å². The first-order valence-electron chi connectivity index (χ1n) is 10.5. The summed E-state index contributed by atoms with van der Waals surface area (Å²) in [6.45, 7) is 3.40. The number of hydrogen-bond acceptors (Lipinski definition) is 3. The van der Waals surface area contributed by atoms with Gasteiger partial charge in [-0.2, -0.15) is 0 Å². The Labute approximate surface area is 171 Å². The molecule has 5 rings (SSSR count). The summed E-state index contributed by atoms with van der Waals surface area (Å²) < 4.78 is 0. The van der Waals surface area contributed by atoms with Gasteiger partial charge in [0.1, 0.15) is 0 Å². The van der Waals surface area contributed by atoms with E-state index in [4.69, 9.17) is 0 Å². The van der Waals surface area contributed by atoms with Gasteiger partial charge in [0.2, 0.25) is 0 Å². The molecule has 1 amide bonds. The van der Waals surface area contributed by atoms with Gasteiger partial charge < -0.3 is 14.9 Å². The lowest BCUT2D eigenvalue weighted by molar-refractivity contribution is 0.000257. The van der Waals surface area contributed by atoms with Crippen molar-refractivity contribution in [3.8, 4) is 0 Å². The van der Waals surface area contributed by atoms with Gasteiger partial charge >= 0.3 is 0 Å². The van der Waals surface area contributed by atoms with Crippen molar-refractivity contribution in [1.29, 1.82) is 0 Å². The first-order chi connectivity index (χ1) is 14.2. The van der Waals surface area contributed by atoms with E-state index >= 15 is 0 Å². The second-order valence-electron chi connectivity index (χ2n) is 8.15. The minimum atomic E-state index is -0.872. The molecule has 2 aliphatic rings. The number of likely N-dealkylation sites (tertiary alicyclic amines) is 1. The second kappa shape index (κ2) is 7.62. The monoisotopic (exact) mass is 386 g/mol. The van der Waals surface area contributed by atoms with Gasteiger partial charge in [-0.05, 0) is 48.9 Å². The molecule has 0 saturated carbocycles. The summed E-state index contributed by atoms with van der Waals surface area (Å²) in [4.78, 5) is 17.1. The smallest absolute Gasteiger partial charge is 0.256 e. The van der Waals surface area contributed by atoms with Crippen LogP contribution in [0.1, 0.15) is 46.5 Å². The maximum Gasteiger partial charge on any atom is 0.256 e. The molecule has 29 heavy (non-hydrogen) atoms. The van der Waals surface area contributed by atoms with Crippen molar-refractivity contribution in [3.63, 3.8) is 0 Å². The SMILES string of the molecule is O=C1c2cccc3cccc(c23)C(O)N1CCN1CCC(c2ccccc2)CC1. The van der Waals surface area contributed by atoms with Crippen molar-refractivity contribution in [2.75, 3.05) is 26.2 Å². The maximum atomic E-state index is 13.1. The molecular weight excluding hydrogens is 360 g/mol. The molecule has 1 N–H and O–H groups in total. The number of aliphatic hydroxyl groups excluding tert-OH is 1. The zero-order valence-electron chi connectivity index (χ0n) is 16.5. The number of amides is 1. The summed E-state index contributed by atoms with van der Waals surface area (Å²) in [6.07, 6.45) is 1.41. The summed E-state index contributed by atoms with van der Waals surface area (Å²) in [5.74, 6) is 0.556. The van der Waals surface area contributed by atoms with E-state index in [1.165, 1.54) is 5.56 Å². The zero-order chi connectivity index (χ0) is 19.8. The van der Waals surface area contributed by atoms with Gasteiger partial charge in [0.05, 0.1) is 0 Å². The Morgan fingerprint density at radius 3 is 2.34 bits per heavy atom. The fourth-order valence-corrected chi connectivity index (χ4v) is 4.89. The van der Waals surface area contributed by atoms with Crippen LogP contribution < -0.4 is 0 Å². The van der Waals surface area contributed by atoms with Gasteiger partial charge in [-0.3, -0.25) is 4.79 Å². The largest absolute Gasteiger partial charge is 0.369 e. The van der Waals surface area contributed by atoms with Crippen molar-refractivity contribution >= 4 is 16.7 Å². The van der Waals surface area contributed by atoms with E-state index in [1.807, 2.05) is 36.4 Å². The molecule has 1 saturated heterocycles. The molecular formula is C25H26N2O2. The lowest BCUT2D eigenvalue weighted by atomic mass is 9.89. The summed E-state index contributed by atoms with van der Waals surface area (Å²) in [7, 11) is 0. The fourth-order valence-electron chi connectivity index (χ4n) is 4.89. The molecule has 4 heteroatoms. The van der Waals surface area contributed by atoms with Crippen molar-refractivity contribution < 1.29 is 9.90 Å². The summed E-state index contributed by atoms with van der Waals surface area (Å²) in [5, 5.41) is 12.8. The molecule has 0 spiro atoms. The zero-order valence-corrected chi connectivity index (χ0v) is 16.5. The molecule has 4 nitrogen and oxygen atoms in total. The number of carbonyl (C=O) groups is 1. The third-order valence-corrected chi connectivity index (χ3v) is 6.52. The molecule has 3 aromatic carbocycles. The molecule has 0 bridgehead atoms. The van der Waals surface area contributed by atoms with Crippen LogP contribution in [0.25, 0.3) is 10.8 Å². The molecule has 0 radical (unpaired) electrons. The third kappa shape index (κ3) is 3.33. The van der Waals surface area contributed by atoms with Crippen LogP contribution in [0.3, 0.4) is 0 Å². The van der Waals surface area contributed by atoms with Gasteiger partial charge in [0.15, 0.2) is 6.23 Å². The minimum Gasteiger partial charge on any atom is -0.369 e. The van der Waals surface area contributed by atoms with Crippen molar-refractivity contribution in [3.05, 3.63) is 83.4 Å². The standard InChI is InChI=1S/C25H26N2O2/c28-24-21-10-4-8-20-9-5-11-22(23(20)21)25(29)27(24)17-16-26-14-12-19(13-15-26)18-6-2-1-3-7-18/h1-11,19,24,28H,12-17H2. The number of aliphatic hydroxyl groups is 1. The topological polar surface area (TPSA) is 43.8 Å². The molecule has 3 aromatic rings. The highest BCUT2D eigenvalue weighted by atomic mass is 16.3. The van der Waals surface area contributed by atoms with E-state index in [0.29, 0.717) is 18.0 Å². The number of rotatable bonds is 4. The Morgan fingerprint density at radius 2 is 1.59 bits per heavy atom. The van der Waals surface area contributed by atoms with Crippen molar-refractivity contribution in [1.82, 2.24) is 9.80 Å². The van der Waals surface area contributed by atoms with Gasteiger partial charge in [-0.15, -0.1) is 0 Å². The Kier molecular flexibility index (Phi) is 4.82. The fraction of sp³-hybridized carbons (Fsp3) is 0.320. The summed E-state index contributed by atoms with van der Waals surface area (Å²) in [6, 6.07) is 22.4. The van der Waals surface area contributed by atoms with Crippen molar-refractivity contribution in [2.24, 2.45) is 0 Å². The van der Waals surface area contributed by atoms with Crippen LogP contribution in [-0.2, 0) is 0 Å². The van der Waals surface area contributed by atoms with Gasteiger partial charge in [0.25, 0.3) is 5.91 Å². The Hall–Kier alpha value is -2.69. The van der Waals surface area contributed by atoms with Gasteiger partial charge in [0, 0.05) is 29.6 Å². The average molecular weight is 386 g/mol. The Bertz CT molecular complexity index is 1020. The van der Waals surface area contributed by atoms with E-state index in [-0.39, 0.29) is 5.91 Å². The third-order valence-electron chi connectivity index (χ3n) is 6.52. The Balaban J connectivity index is 1.26. The van der Waals surface area contributed by atoms with Crippen LogP contribution in [0, 0.1) is 0 Å².